The Labute approximate surface area is 159 Å². The number of likely N-dealkylation sites (tertiary alicyclic amines) is 1. The van der Waals surface area contributed by atoms with Crippen LogP contribution in [0.1, 0.15) is 69.4 Å². The molecule has 0 spiro atoms. The van der Waals surface area contributed by atoms with Crippen LogP contribution >= 0.6 is 0 Å². The first-order valence-electron chi connectivity index (χ1n) is 11.2. The van der Waals surface area contributed by atoms with E-state index in [0.717, 1.165) is 29.5 Å². The maximum atomic E-state index is 5.63. The van der Waals surface area contributed by atoms with Crippen LogP contribution in [-0.4, -0.2) is 31.1 Å². The lowest BCUT2D eigenvalue weighted by atomic mass is 9.49. The van der Waals surface area contributed by atoms with Crippen LogP contribution in [0.25, 0.3) is 0 Å². The quantitative estimate of drug-likeness (QED) is 0.738. The van der Waals surface area contributed by atoms with Gasteiger partial charge in [-0.1, -0.05) is 38.7 Å². The van der Waals surface area contributed by atoms with Gasteiger partial charge in [0.05, 0.1) is 7.11 Å². The minimum absolute atomic E-state index is 0.432. The zero-order chi connectivity index (χ0) is 17.7. The van der Waals surface area contributed by atoms with Crippen LogP contribution in [0.5, 0.6) is 5.75 Å². The average Bonchev–Trinajstić information content (AvgIpc) is 2.65. The zero-order valence-electron chi connectivity index (χ0n) is 16.7. The molecule has 1 unspecified atom stereocenters. The topological polar surface area (TPSA) is 12.5 Å². The van der Waals surface area contributed by atoms with Crippen LogP contribution in [0.15, 0.2) is 18.2 Å². The third-order valence-corrected chi connectivity index (χ3v) is 8.60. The third-order valence-electron chi connectivity index (χ3n) is 8.60. The molecule has 1 aromatic carbocycles. The van der Waals surface area contributed by atoms with Crippen LogP contribution in [0, 0.1) is 17.8 Å². The third kappa shape index (κ3) is 2.47. The molecule has 4 atom stereocenters. The Morgan fingerprint density at radius 1 is 1.15 bits per heavy atom. The first kappa shape index (κ1) is 17.1. The molecule has 1 aliphatic heterocycles. The predicted octanol–water partition coefficient (Wildman–Crippen LogP) is 5.19. The Bertz CT molecular complexity index is 666. The second-order valence-corrected chi connectivity index (χ2v) is 9.58. The fourth-order valence-electron chi connectivity index (χ4n) is 7.13. The molecule has 2 bridgehead atoms. The SMILES string of the molecule is CC[C@H]1CCC[C@]23CCN(CC4CCC4)[C@H](Cc4ccc(OC)cc42)C13. The molecule has 1 saturated heterocycles. The number of benzene rings is 1. The number of fused-ring (bicyclic) bond motifs is 1. The summed E-state index contributed by atoms with van der Waals surface area (Å²) in [5, 5.41) is 0. The summed E-state index contributed by atoms with van der Waals surface area (Å²) in [4.78, 5) is 2.94. The Morgan fingerprint density at radius 3 is 2.77 bits per heavy atom. The first-order chi connectivity index (χ1) is 12.7. The molecule has 0 N–H and O–H groups in total. The molecule has 0 aromatic heterocycles. The van der Waals surface area contributed by atoms with Crippen molar-refractivity contribution in [2.45, 2.75) is 76.2 Å². The highest BCUT2D eigenvalue weighted by Gasteiger charge is 2.56. The number of hydrogen-bond donors (Lipinski definition) is 0. The van der Waals surface area contributed by atoms with Gasteiger partial charge in [-0.3, -0.25) is 4.90 Å². The van der Waals surface area contributed by atoms with Gasteiger partial charge in [-0.25, -0.2) is 0 Å². The standard InChI is InChI=1S/C24H35NO/c1-3-18-8-5-11-24-12-13-25(16-17-6-4-7-17)22(23(18)24)14-19-9-10-20(26-2)15-21(19)24/h9-10,15,17-18,22-23H,3-8,11-14,16H2,1-2H3/t18-,22+,23?,24-/m0/s1. The van der Waals surface area contributed by atoms with Gasteiger partial charge in [-0.15, -0.1) is 0 Å². The molecule has 2 nitrogen and oxygen atoms in total. The van der Waals surface area contributed by atoms with Crippen molar-refractivity contribution in [2.75, 3.05) is 20.2 Å². The van der Waals surface area contributed by atoms with E-state index in [4.69, 9.17) is 4.74 Å². The molecule has 3 fully saturated rings. The molecule has 0 amide bonds. The summed E-state index contributed by atoms with van der Waals surface area (Å²) >= 11 is 0. The van der Waals surface area contributed by atoms with Crippen LogP contribution in [0.2, 0.25) is 0 Å². The number of rotatable bonds is 4. The van der Waals surface area contributed by atoms with Gasteiger partial charge in [0, 0.05) is 18.0 Å². The second kappa shape index (κ2) is 6.55. The van der Waals surface area contributed by atoms with Gasteiger partial charge < -0.3 is 4.74 Å². The summed E-state index contributed by atoms with van der Waals surface area (Å²) in [6.45, 7) is 5.14. The molecular weight excluding hydrogens is 318 g/mol. The minimum atomic E-state index is 0.432. The summed E-state index contributed by atoms with van der Waals surface area (Å²) < 4.78 is 5.63. The van der Waals surface area contributed by atoms with E-state index in [2.05, 4.69) is 30.0 Å². The molecule has 4 aliphatic rings. The highest BCUT2D eigenvalue weighted by Crippen LogP contribution is 2.58. The lowest BCUT2D eigenvalue weighted by Gasteiger charge is -2.62. The summed E-state index contributed by atoms with van der Waals surface area (Å²) in [6.07, 6.45) is 12.7. The van der Waals surface area contributed by atoms with E-state index in [0.29, 0.717) is 5.41 Å². The van der Waals surface area contributed by atoms with E-state index >= 15 is 0 Å². The van der Waals surface area contributed by atoms with E-state index in [9.17, 15) is 0 Å². The molecule has 2 heteroatoms. The van der Waals surface area contributed by atoms with Crippen LogP contribution < -0.4 is 4.74 Å². The number of methoxy groups -OCH3 is 1. The Hall–Kier alpha value is -1.02. The molecule has 1 aromatic rings. The fourth-order valence-corrected chi connectivity index (χ4v) is 7.13. The average molecular weight is 354 g/mol. The Kier molecular flexibility index (Phi) is 4.31. The van der Waals surface area contributed by atoms with Gasteiger partial charge in [0.2, 0.25) is 0 Å². The lowest BCUT2D eigenvalue weighted by Crippen LogP contribution is -2.63. The van der Waals surface area contributed by atoms with E-state index < -0.39 is 0 Å². The number of hydrogen-bond acceptors (Lipinski definition) is 2. The Balaban J connectivity index is 1.57. The molecule has 26 heavy (non-hydrogen) atoms. The predicted molar refractivity (Wildman–Crippen MR) is 107 cm³/mol. The fraction of sp³-hybridized carbons (Fsp3) is 0.750. The highest BCUT2D eigenvalue weighted by atomic mass is 16.5. The van der Waals surface area contributed by atoms with Gasteiger partial charge in [0.25, 0.3) is 0 Å². The van der Waals surface area contributed by atoms with Gasteiger partial charge in [-0.05, 0) is 79.7 Å². The van der Waals surface area contributed by atoms with Crippen LogP contribution in [0.3, 0.4) is 0 Å². The molecule has 1 heterocycles. The van der Waals surface area contributed by atoms with Crippen LogP contribution in [0.4, 0.5) is 0 Å². The van der Waals surface area contributed by atoms with Crippen molar-refractivity contribution >= 4 is 0 Å². The van der Waals surface area contributed by atoms with Gasteiger partial charge in [0.15, 0.2) is 0 Å². The molecule has 5 rings (SSSR count). The lowest BCUT2D eigenvalue weighted by molar-refractivity contribution is -0.0540. The molecule has 2 saturated carbocycles. The summed E-state index contributed by atoms with van der Waals surface area (Å²) in [7, 11) is 1.82. The minimum Gasteiger partial charge on any atom is -0.497 e. The molecule has 142 valence electrons. The zero-order valence-corrected chi connectivity index (χ0v) is 16.7. The summed E-state index contributed by atoms with van der Waals surface area (Å²) in [5.41, 5.74) is 3.73. The molecule has 0 radical (unpaired) electrons. The summed E-state index contributed by atoms with van der Waals surface area (Å²) in [6, 6.07) is 7.79. The maximum absolute atomic E-state index is 5.63. The van der Waals surface area contributed by atoms with Crippen molar-refractivity contribution in [2.24, 2.45) is 17.8 Å². The van der Waals surface area contributed by atoms with Gasteiger partial charge in [0.1, 0.15) is 5.75 Å². The number of nitrogens with zero attached hydrogens (tertiary/aromatic N) is 1. The van der Waals surface area contributed by atoms with Crippen molar-refractivity contribution in [1.29, 1.82) is 0 Å². The number of piperidine rings is 1. The Morgan fingerprint density at radius 2 is 2.04 bits per heavy atom. The van der Waals surface area contributed by atoms with Crippen molar-refractivity contribution in [3.63, 3.8) is 0 Å². The molecule has 3 aliphatic carbocycles. The second-order valence-electron chi connectivity index (χ2n) is 9.58. The largest absolute Gasteiger partial charge is 0.497 e. The first-order valence-corrected chi connectivity index (χ1v) is 11.2. The monoisotopic (exact) mass is 353 g/mol. The van der Waals surface area contributed by atoms with Crippen molar-refractivity contribution in [3.05, 3.63) is 29.3 Å². The molecular formula is C24H35NO. The van der Waals surface area contributed by atoms with Gasteiger partial charge in [-0.2, -0.15) is 0 Å². The van der Waals surface area contributed by atoms with Crippen molar-refractivity contribution in [3.8, 4) is 5.75 Å². The van der Waals surface area contributed by atoms with Crippen molar-refractivity contribution < 1.29 is 4.74 Å². The normalized spacial score (nSPS) is 36.8. The van der Waals surface area contributed by atoms with E-state index in [1.165, 1.54) is 70.9 Å². The smallest absolute Gasteiger partial charge is 0.119 e. The van der Waals surface area contributed by atoms with Crippen LogP contribution in [-0.2, 0) is 11.8 Å². The van der Waals surface area contributed by atoms with E-state index in [1.807, 2.05) is 7.11 Å². The summed E-state index contributed by atoms with van der Waals surface area (Å²) in [5.74, 6) is 3.83. The van der Waals surface area contributed by atoms with Gasteiger partial charge >= 0.3 is 0 Å². The van der Waals surface area contributed by atoms with Crippen molar-refractivity contribution in [1.82, 2.24) is 4.90 Å². The van der Waals surface area contributed by atoms with E-state index in [-0.39, 0.29) is 0 Å². The highest BCUT2D eigenvalue weighted by molar-refractivity contribution is 5.46. The van der Waals surface area contributed by atoms with E-state index in [1.54, 1.807) is 11.1 Å². The number of ether oxygens (including phenoxy) is 1. The maximum Gasteiger partial charge on any atom is 0.119 e.